The standard InChI is InChI=1S/C13H23NO4S/c1-3-17-8-5-6-12(15)14-7-9-19-10-11(14)13(16)18-4-2/h11H,3-10H2,1-2H3. The van der Waals surface area contributed by atoms with Crippen molar-refractivity contribution in [3.05, 3.63) is 0 Å². The van der Waals surface area contributed by atoms with Gasteiger partial charge < -0.3 is 14.4 Å². The minimum absolute atomic E-state index is 0.0260. The third-order valence-electron chi connectivity index (χ3n) is 2.89. The van der Waals surface area contributed by atoms with Crippen LogP contribution >= 0.6 is 11.8 Å². The SMILES string of the molecule is CCOCCCC(=O)N1CCSCC1C(=O)OCC. The number of thioether (sulfide) groups is 1. The highest BCUT2D eigenvalue weighted by Crippen LogP contribution is 2.19. The Balaban J connectivity index is 2.46. The number of esters is 1. The van der Waals surface area contributed by atoms with Gasteiger partial charge in [0.1, 0.15) is 6.04 Å². The molecule has 0 aromatic carbocycles. The molecule has 1 heterocycles. The second kappa shape index (κ2) is 9.20. The summed E-state index contributed by atoms with van der Waals surface area (Å²) in [4.78, 5) is 25.6. The summed E-state index contributed by atoms with van der Waals surface area (Å²) in [6, 6.07) is -0.418. The summed E-state index contributed by atoms with van der Waals surface area (Å²) < 4.78 is 10.3. The number of rotatable bonds is 7. The summed E-state index contributed by atoms with van der Waals surface area (Å²) in [5.74, 6) is 1.26. The molecule has 1 saturated heterocycles. The molecule has 0 N–H and O–H groups in total. The fourth-order valence-corrected chi connectivity index (χ4v) is 2.98. The van der Waals surface area contributed by atoms with E-state index in [-0.39, 0.29) is 11.9 Å². The molecule has 19 heavy (non-hydrogen) atoms. The summed E-state index contributed by atoms with van der Waals surface area (Å²) in [5, 5.41) is 0. The molecule has 5 nitrogen and oxygen atoms in total. The summed E-state index contributed by atoms with van der Waals surface area (Å²) in [6.07, 6.45) is 1.13. The van der Waals surface area contributed by atoms with E-state index in [1.165, 1.54) is 0 Å². The van der Waals surface area contributed by atoms with E-state index in [1.807, 2.05) is 6.92 Å². The number of ether oxygens (including phenoxy) is 2. The average molecular weight is 289 g/mol. The zero-order valence-corrected chi connectivity index (χ0v) is 12.5. The van der Waals surface area contributed by atoms with Crippen LogP contribution in [-0.4, -0.2) is 60.7 Å². The molecule has 1 aliphatic heterocycles. The highest BCUT2D eigenvalue weighted by molar-refractivity contribution is 7.99. The Morgan fingerprint density at radius 2 is 2.11 bits per heavy atom. The van der Waals surface area contributed by atoms with Crippen LogP contribution in [0, 0.1) is 0 Å². The number of nitrogens with zero attached hydrogens (tertiary/aromatic N) is 1. The Morgan fingerprint density at radius 3 is 2.79 bits per heavy atom. The van der Waals surface area contributed by atoms with E-state index in [4.69, 9.17) is 9.47 Å². The first-order valence-electron chi connectivity index (χ1n) is 6.82. The molecule has 0 bridgehead atoms. The fraction of sp³-hybridized carbons (Fsp3) is 0.846. The van der Waals surface area contributed by atoms with Crippen LogP contribution in [0.25, 0.3) is 0 Å². The van der Waals surface area contributed by atoms with Crippen LogP contribution in [0.2, 0.25) is 0 Å². The third kappa shape index (κ3) is 5.40. The normalized spacial score (nSPS) is 19.3. The van der Waals surface area contributed by atoms with Crippen LogP contribution in [0.4, 0.5) is 0 Å². The van der Waals surface area contributed by atoms with E-state index in [0.717, 1.165) is 5.75 Å². The van der Waals surface area contributed by atoms with Gasteiger partial charge in [-0.05, 0) is 20.3 Å². The van der Waals surface area contributed by atoms with Gasteiger partial charge in [0.15, 0.2) is 0 Å². The van der Waals surface area contributed by atoms with Crippen molar-refractivity contribution in [3.63, 3.8) is 0 Å². The molecule has 1 rings (SSSR count). The van der Waals surface area contributed by atoms with Gasteiger partial charge in [0.25, 0.3) is 0 Å². The molecule has 0 aromatic heterocycles. The summed E-state index contributed by atoms with van der Waals surface area (Å²) in [7, 11) is 0. The first-order valence-corrected chi connectivity index (χ1v) is 7.97. The van der Waals surface area contributed by atoms with Crippen LogP contribution in [0.5, 0.6) is 0 Å². The highest BCUT2D eigenvalue weighted by atomic mass is 32.2. The monoisotopic (exact) mass is 289 g/mol. The summed E-state index contributed by atoms with van der Waals surface area (Å²) in [5.41, 5.74) is 0. The van der Waals surface area contributed by atoms with Crippen molar-refractivity contribution in [1.29, 1.82) is 0 Å². The Hall–Kier alpha value is -0.750. The molecular weight excluding hydrogens is 266 g/mol. The number of amides is 1. The van der Waals surface area contributed by atoms with E-state index in [2.05, 4.69) is 0 Å². The van der Waals surface area contributed by atoms with Gasteiger partial charge in [-0.25, -0.2) is 4.79 Å². The molecule has 1 aliphatic rings. The second-order valence-corrected chi connectivity index (χ2v) is 5.38. The lowest BCUT2D eigenvalue weighted by Crippen LogP contribution is -2.50. The zero-order valence-electron chi connectivity index (χ0n) is 11.7. The van der Waals surface area contributed by atoms with Gasteiger partial charge in [-0.1, -0.05) is 0 Å². The van der Waals surface area contributed by atoms with Gasteiger partial charge in [-0.15, -0.1) is 0 Å². The number of hydrogen-bond donors (Lipinski definition) is 0. The Bertz CT molecular complexity index is 298. The lowest BCUT2D eigenvalue weighted by Gasteiger charge is -2.33. The summed E-state index contributed by atoms with van der Waals surface area (Å²) >= 11 is 1.69. The molecular formula is C13H23NO4S. The van der Waals surface area contributed by atoms with E-state index in [0.29, 0.717) is 45.0 Å². The van der Waals surface area contributed by atoms with Gasteiger partial charge in [-0.2, -0.15) is 11.8 Å². The molecule has 110 valence electrons. The Labute approximate surface area is 119 Å². The molecule has 0 aliphatic carbocycles. The minimum Gasteiger partial charge on any atom is -0.464 e. The summed E-state index contributed by atoms with van der Waals surface area (Å²) in [6.45, 7) is 5.95. The van der Waals surface area contributed by atoms with Crippen molar-refractivity contribution < 1.29 is 19.1 Å². The van der Waals surface area contributed by atoms with Crippen LogP contribution in [0.3, 0.4) is 0 Å². The third-order valence-corrected chi connectivity index (χ3v) is 3.91. The molecule has 0 radical (unpaired) electrons. The van der Waals surface area contributed by atoms with E-state index >= 15 is 0 Å². The molecule has 0 aromatic rings. The van der Waals surface area contributed by atoms with Crippen molar-refractivity contribution in [3.8, 4) is 0 Å². The van der Waals surface area contributed by atoms with Crippen molar-refractivity contribution in [2.45, 2.75) is 32.7 Å². The average Bonchev–Trinajstić information content (AvgIpc) is 2.43. The van der Waals surface area contributed by atoms with Crippen molar-refractivity contribution in [2.24, 2.45) is 0 Å². The first-order chi connectivity index (χ1) is 9.20. The molecule has 1 atom stereocenters. The molecule has 0 saturated carbocycles. The Kier molecular flexibility index (Phi) is 7.90. The molecule has 1 unspecified atom stereocenters. The zero-order chi connectivity index (χ0) is 14.1. The number of carbonyl (C=O) groups is 2. The first kappa shape index (κ1) is 16.3. The molecule has 6 heteroatoms. The Morgan fingerprint density at radius 1 is 1.32 bits per heavy atom. The van der Waals surface area contributed by atoms with Crippen LogP contribution in [0.1, 0.15) is 26.7 Å². The van der Waals surface area contributed by atoms with Gasteiger partial charge in [0.05, 0.1) is 6.61 Å². The smallest absolute Gasteiger partial charge is 0.329 e. The van der Waals surface area contributed by atoms with Gasteiger partial charge in [0, 0.05) is 37.7 Å². The lowest BCUT2D eigenvalue weighted by atomic mass is 10.2. The van der Waals surface area contributed by atoms with Gasteiger partial charge in [0.2, 0.25) is 5.91 Å². The van der Waals surface area contributed by atoms with E-state index in [9.17, 15) is 9.59 Å². The van der Waals surface area contributed by atoms with Crippen LogP contribution in [-0.2, 0) is 19.1 Å². The fourth-order valence-electron chi connectivity index (χ4n) is 1.95. The van der Waals surface area contributed by atoms with Crippen LogP contribution < -0.4 is 0 Å². The molecule has 1 amide bonds. The van der Waals surface area contributed by atoms with E-state index < -0.39 is 6.04 Å². The maximum atomic E-state index is 12.1. The minimum atomic E-state index is -0.418. The van der Waals surface area contributed by atoms with Crippen LogP contribution in [0.15, 0.2) is 0 Å². The maximum absolute atomic E-state index is 12.1. The van der Waals surface area contributed by atoms with Gasteiger partial charge >= 0.3 is 5.97 Å². The topological polar surface area (TPSA) is 55.8 Å². The largest absolute Gasteiger partial charge is 0.464 e. The van der Waals surface area contributed by atoms with Crippen molar-refractivity contribution >= 4 is 23.6 Å². The lowest BCUT2D eigenvalue weighted by molar-refractivity contribution is -0.154. The van der Waals surface area contributed by atoms with Gasteiger partial charge in [-0.3, -0.25) is 4.79 Å². The second-order valence-electron chi connectivity index (χ2n) is 4.23. The van der Waals surface area contributed by atoms with E-state index in [1.54, 1.807) is 23.6 Å². The number of hydrogen-bond acceptors (Lipinski definition) is 5. The predicted octanol–water partition coefficient (Wildman–Crippen LogP) is 1.31. The van der Waals surface area contributed by atoms with Crippen molar-refractivity contribution in [1.82, 2.24) is 4.90 Å². The molecule has 0 spiro atoms. The molecule has 1 fully saturated rings. The number of carbonyl (C=O) groups excluding carboxylic acids is 2. The van der Waals surface area contributed by atoms with Crippen molar-refractivity contribution in [2.75, 3.05) is 37.9 Å². The quantitative estimate of drug-likeness (QED) is 0.522. The maximum Gasteiger partial charge on any atom is 0.329 e. The predicted molar refractivity (Wildman–Crippen MR) is 75.2 cm³/mol. The highest BCUT2D eigenvalue weighted by Gasteiger charge is 2.33.